The van der Waals surface area contributed by atoms with Crippen LogP contribution in [0.5, 0.6) is 0 Å². The number of nitrogens with two attached hydrogens (primary N) is 1. The topological polar surface area (TPSA) is 81.8 Å². The van der Waals surface area contributed by atoms with Gasteiger partial charge in [-0.3, -0.25) is 4.79 Å². The Morgan fingerprint density at radius 2 is 2.21 bits per heavy atom. The van der Waals surface area contributed by atoms with Crippen molar-refractivity contribution < 1.29 is 4.79 Å². The predicted octanol–water partition coefficient (Wildman–Crippen LogP) is 0.728. The molecule has 2 heterocycles. The molecule has 0 aromatic carbocycles. The summed E-state index contributed by atoms with van der Waals surface area (Å²) in [7, 11) is 0. The van der Waals surface area contributed by atoms with Crippen LogP contribution in [0.2, 0.25) is 0 Å². The Morgan fingerprint density at radius 3 is 2.93 bits per heavy atom. The minimum absolute atomic E-state index is 0.120. The van der Waals surface area contributed by atoms with Crippen LogP contribution >= 0.6 is 0 Å². The molecule has 0 aliphatic heterocycles. The number of nitrogen functional groups attached to an aromatic ring is 1. The first-order valence-corrected chi connectivity index (χ1v) is 4.06. The van der Waals surface area contributed by atoms with Crippen LogP contribution < -0.4 is 5.73 Å². The van der Waals surface area contributed by atoms with E-state index in [1.165, 1.54) is 0 Å². The molecule has 0 aliphatic rings. The van der Waals surface area contributed by atoms with Crippen LogP contribution in [0.1, 0.15) is 16.3 Å². The summed E-state index contributed by atoms with van der Waals surface area (Å²) >= 11 is 0. The molecule has 0 fully saturated rings. The van der Waals surface area contributed by atoms with Gasteiger partial charge in [-0.15, -0.1) is 0 Å². The molecule has 0 aliphatic carbocycles. The number of fused-ring (bicyclic) bond motifs is 1. The molecule has 0 amide bonds. The van der Waals surface area contributed by atoms with Gasteiger partial charge in [-0.1, -0.05) is 0 Å². The molecule has 0 bridgehead atoms. The highest BCUT2D eigenvalue weighted by molar-refractivity contribution is 5.88. The lowest BCUT2D eigenvalue weighted by molar-refractivity contribution is 0.111. The third kappa shape index (κ3) is 1.28. The number of aromatic nitrogens is 3. The molecular weight excluding hydrogens is 180 g/mol. The predicted molar refractivity (Wildman–Crippen MR) is 51.9 cm³/mol. The van der Waals surface area contributed by atoms with Gasteiger partial charge in [0.2, 0.25) is 0 Å². The number of anilines is 1. The number of aldehydes is 1. The van der Waals surface area contributed by atoms with Gasteiger partial charge in [-0.2, -0.15) is 0 Å². The number of hydrogen-bond donors (Lipinski definition) is 1. The van der Waals surface area contributed by atoms with Crippen LogP contribution in [-0.4, -0.2) is 21.2 Å². The Balaban J connectivity index is 2.81. The minimum atomic E-state index is 0.120. The Labute approximate surface area is 80.0 Å². The molecule has 2 N–H and O–H groups in total. The third-order valence-electron chi connectivity index (χ3n) is 1.84. The second-order valence-corrected chi connectivity index (χ2v) is 2.93. The van der Waals surface area contributed by atoms with E-state index in [1.807, 2.05) is 13.0 Å². The molecule has 5 heteroatoms. The molecule has 0 radical (unpaired) electrons. The summed E-state index contributed by atoms with van der Waals surface area (Å²) in [6.07, 6.45) is 2.15. The molecule has 0 atom stereocenters. The molecule has 0 saturated heterocycles. The fraction of sp³-hybridized carbons (Fsp3) is 0.111. The first kappa shape index (κ1) is 8.55. The van der Waals surface area contributed by atoms with Crippen molar-refractivity contribution in [1.82, 2.24) is 15.0 Å². The highest BCUT2D eigenvalue weighted by Gasteiger charge is 2.04. The molecule has 2 rings (SSSR count). The zero-order valence-electron chi connectivity index (χ0n) is 7.56. The van der Waals surface area contributed by atoms with Gasteiger partial charge in [0.1, 0.15) is 11.3 Å². The van der Waals surface area contributed by atoms with Gasteiger partial charge in [0.15, 0.2) is 12.1 Å². The molecule has 2 aromatic rings. The Hall–Kier alpha value is -2.04. The molecule has 70 valence electrons. The van der Waals surface area contributed by atoms with Crippen molar-refractivity contribution in [2.24, 2.45) is 0 Å². The first-order chi connectivity index (χ1) is 6.70. The smallest absolute Gasteiger partial charge is 0.193 e. The van der Waals surface area contributed by atoms with Crippen molar-refractivity contribution in [2.45, 2.75) is 6.92 Å². The lowest BCUT2D eigenvalue weighted by Gasteiger charge is -2.01. The SMILES string of the molecule is Cc1cc2cnc(C=O)nc2c(N)n1. The third-order valence-corrected chi connectivity index (χ3v) is 1.84. The summed E-state index contributed by atoms with van der Waals surface area (Å²) in [4.78, 5) is 22.3. The van der Waals surface area contributed by atoms with Crippen molar-refractivity contribution in [2.75, 3.05) is 5.73 Å². The maximum atomic E-state index is 10.4. The lowest BCUT2D eigenvalue weighted by atomic mass is 10.2. The van der Waals surface area contributed by atoms with Crippen LogP contribution in [0.3, 0.4) is 0 Å². The zero-order chi connectivity index (χ0) is 10.1. The van der Waals surface area contributed by atoms with Gasteiger partial charge < -0.3 is 5.73 Å². The van der Waals surface area contributed by atoms with Crippen molar-refractivity contribution >= 4 is 23.0 Å². The normalized spacial score (nSPS) is 10.4. The Bertz CT molecular complexity index is 509. The number of pyridine rings is 1. The van der Waals surface area contributed by atoms with Gasteiger partial charge >= 0.3 is 0 Å². The fourth-order valence-electron chi connectivity index (χ4n) is 1.27. The fourth-order valence-corrected chi connectivity index (χ4v) is 1.27. The van der Waals surface area contributed by atoms with E-state index in [-0.39, 0.29) is 5.82 Å². The van der Waals surface area contributed by atoms with E-state index >= 15 is 0 Å². The van der Waals surface area contributed by atoms with E-state index in [0.717, 1.165) is 11.1 Å². The highest BCUT2D eigenvalue weighted by atomic mass is 16.1. The quantitative estimate of drug-likeness (QED) is 0.667. The minimum Gasteiger partial charge on any atom is -0.382 e. The second kappa shape index (κ2) is 3.02. The zero-order valence-corrected chi connectivity index (χ0v) is 7.56. The molecule has 14 heavy (non-hydrogen) atoms. The number of carbonyl (C=O) groups excluding carboxylic acids is 1. The molecular formula is C9H8N4O. The van der Waals surface area contributed by atoms with E-state index in [0.29, 0.717) is 17.6 Å². The monoisotopic (exact) mass is 188 g/mol. The average Bonchev–Trinajstić information content (AvgIpc) is 2.17. The van der Waals surface area contributed by atoms with Gasteiger partial charge in [0, 0.05) is 17.3 Å². The second-order valence-electron chi connectivity index (χ2n) is 2.93. The molecule has 2 aromatic heterocycles. The van der Waals surface area contributed by atoms with E-state index in [9.17, 15) is 4.79 Å². The maximum absolute atomic E-state index is 10.4. The van der Waals surface area contributed by atoms with Crippen LogP contribution in [0.4, 0.5) is 5.82 Å². The molecule has 5 nitrogen and oxygen atoms in total. The maximum Gasteiger partial charge on any atom is 0.193 e. The first-order valence-electron chi connectivity index (χ1n) is 4.06. The van der Waals surface area contributed by atoms with Crippen LogP contribution in [-0.2, 0) is 0 Å². The standard InChI is InChI=1S/C9H8N4O/c1-5-2-6-3-11-7(4-14)13-8(6)9(10)12-5/h2-4H,1H3,(H2,10,12). The van der Waals surface area contributed by atoms with Crippen molar-refractivity contribution in [3.63, 3.8) is 0 Å². The summed E-state index contributed by atoms with van der Waals surface area (Å²) in [5.41, 5.74) is 6.99. The number of hydrogen-bond acceptors (Lipinski definition) is 5. The van der Waals surface area contributed by atoms with Crippen molar-refractivity contribution in [3.05, 3.63) is 23.8 Å². The van der Waals surface area contributed by atoms with Crippen LogP contribution in [0.25, 0.3) is 10.9 Å². The summed E-state index contributed by atoms with van der Waals surface area (Å²) < 4.78 is 0. The van der Waals surface area contributed by atoms with E-state index in [1.54, 1.807) is 6.20 Å². The van der Waals surface area contributed by atoms with Crippen molar-refractivity contribution in [1.29, 1.82) is 0 Å². The summed E-state index contributed by atoms with van der Waals surface area (Å²) in [6.45, 7) is 1.84. The van der Waals surface area contributed by atoms with Crippen LogP contribution in [0, 0.1) is 6.92 Å². The summed E-state index contributed by atoms with van der Waals surface area (Å²) in [5, 5.41) is 0.792. The Kier molecular flexibility index (Phi) is 1.85. The van der Waals surface area contributed by atoms with Gasteiger partial charge in [0.25, 0.3) is 0 Å². The van der Waals surface area contributed by atoms with Crippen LogP contribution in [0.15, 0.2) is 12.3 Å². The molecule has 0 unspecified atom stereocenters. The number of aryl methyl sites for hydroxylation is 1. The largest absolute Gasteiger partial charge is 0.382 e. The number of carbonyl (C=O) groups is 1. The molecule has 0 spiro atoms. The van der Waals surface area contributed by atoms with Gasteiger partial charge in [0.05, 0.1) is 0 Å². The highest BCUT2D eigenvalue weighted by Crippen LogP contribution is 2.16. The van der Waals surface area contributed by atoms with Crippen molar-refractivity contribution in [3.8, 4) is 0 Å². The van der Waals surface area contributed by atoms with Gasteiger partial charge in [-0.25, -0.2) is 15.0 Å². The summed E-state index contributed by atoms with van der Waals surface area (Å²) in [5.74, 6) is 0.445. The number of rotatable bonds is 1. The van der Waals surface area contributed by atoms with E-state index < -0.39 is 0 Å². The average molecular weight is 188 g/mol. The Morgan fingerprint density at radius 1 is 1.43 bits per heavy atom. The lowest BCUT2D eigenvalue weighted by Crippen LogP contribution is -1.99. The number of nitrogens with zero attached hydrogens (tertiary/aromatic N) is 3. The van der Waals surface area contributed by atoms with E-state index in [2.05, 4.69) is 15.0 Å². The molecule has 0 saturated carbocycles. The van der Waals surface area contributed by atoms with E-state index in [4.69, 9.17) is 5.73 Å². The summed E-state index contributed by atoms with van der Waals surface area (Å²) in [6, 6.07) is 1.82. The van der Waals surface area contributed by atoms with Gasteiger partial charge in [-0.05, 0) is 13.0 Å².